The molecule has 4 aromatic rings. The predicted octanol–water partition coefficient (Wildman–Crippen LogP) is 4.66. The molecule has 138 valence electrons. The average Bonchev–Trinajstić information content (AvgIpc) is 2.72. The lowest BCUT2D eigenvalue weighted by molar-refractivity contribution is 0.598. The zero-order chi connectivity index (χ0) is 19.7. The third kappa shape index (κ3) is 3.16. The van der Waals surface area contributed by atoms with Crippen molar-refractivity contribution in [1.82, 2.24) is 9.97 Å². The standard InChI is InChI=1S/C24H21N3O/c1-3-16-12-18-8-10-19(13-22(18)27-23(16)28)24(2,15-25)14-20-11-9-17-6-4-5-7-21(17)26-20/h4-13H,3,14H2,1-2H3,(H,27,28). The van der Waals surface area contributed by atoms with E-state index in [1.807, 2.05) is 74.5 Å². The fraction of sp³-hybridized carbons (Fsp3) is 0.208. The number of rotatable bonds is 4. The maximum Gasteiger partial charge on any atom is 0.251 e. The van der Waals surface area contributed by atoms with E-state index in [1.54, 1.807) is 0 Å². The summed E-state index contributed by atoms with van der Waals surface area (Å²) in [6.07, 6.45) is 1.19. The Morgan fingerprint density at radius 2 is 1.86 bits per heavy atom. The van der Waals surface area contributed by atoms with E-state index in [1.165, 1.54) is 0 Å². The van der Waals surface area contributed by atoms with Gasteiger partial charge in [0, 0.05) is 28.6 Å². The molecule has 0 saturated heterocycles. The van der Waals surface area contributed by atoms with Crippen molar-refractivity contribution in [3.8, 4) is 6.07 Å². The van der Waals surface area contributed by atoms with Crippen LogP contribution in [0.4, 0.5) is 0 Å². The Labute approximate surface area is 163 Å². The van der Waals surface area contributed by atoms with Crippen molar-refractivity contribution in [2.24, 2.45) is 0 Å². The molecule has 1 atom stereocenters. The highest BCUT2D eigenvalue weighted by atomic mass is 16.1. The number of aromatic nitrogens is 2. The summed E-state index contributed by atoms with van der Waals surface area (Å²) >= 11 is 0. The summed E-state index contributed by atoms with van der Waals surface area (Å²) in [5.74, 6) is 0. The van der Waals surface area contributed by atoms with Gasteiger partial charge in [0.25, 0.3) is 5.56 Å². The number of hydrogen-bond donors (Lipinski definition) is 1. The highest BCUT2D eigenvalue weighted by Crippen LogP contribution is 2.30. The molecular weight excluding hydrogens is 346 g/mol. The van der Waals surface area contributed by atoms with Gasteiger partial charge in [-0.2, -0.15) is 5.26 Å². The third-order valence-corrected chi connectivity index (χ3v) is 5.38. The maximum absolute atomic E-state index is 12.2. The molecule has 0 aliphatic heterocycles. The van der Waals surface area contributed by atoms with E-state index in [-0.39, 0.29) is 5.56 Å². The molecule has 4 heteroatoms. The van der Waals surface area contributed by atoms with Crippen LogP contribution in [0.15, 0.2) is 65.5 Å². The molecule has 4 nitrogen and oxygen atoms in total. The number of para-hydroxylation sites is 1. The number of fused-ring (bicyclic) bond motifs is 2. The normalized spacial score (nSPS) is 13.3. The number of hydrogen-bond acceptors (Lipinski definition) is 3. The molecule has 0 fully saturated rings. The SMILES string of the molecule is CCc1cc2ccc(C(C)(C#N)Cc3ccc4ccccc4n3)cc2[nH]c1=O. The summed E-state index contributed by atoms with van der Waals surface area (Å²) in [6, 6.07) is 22.2. The minimum absolute atomic E-state index is 0.0676. The number of aromatic amines is 1. The second-order valence-electron chi connectivity index (χ2n) is 7.40. The van der Waals surface area contributed by atoms with Gasteiger partial charge < -0.3 is 4.98 Å². The number of nitriles is 1. The van der Waals surface area contributed by atoms with Crippen LogP contribution in [0.1, 0.15) is 30.7 Å². The monoisotopic (exact) mass is 367 g/mol. The van der Waals surface area contributed by atoms with Crippen molar-refractivity contribution in [2.75, 3.05) is 0 Å². The summed E-state index contributed by atoms with van der Waals surface area (Å²) in [7, 11) is 0. The van der Waals surface area contributed by atoms with Gasteiger partial charge in [-0.05, 0) is 48.6 Å². The minimum atomic E-state index is -0.746. The largest absolute Gasteiger partial charge is 0.322 e. The van der Waals surface area contributed by atoms with Gasteiger partial charge in [-0.1, -0.05) is 43.3 Å². The highest BCUT2D eigenvalue weighted by molar-refractivity contribution is 5.80. The fourth-order valence-corrected chi connectivity index (χ4v) is 3.63. The molecule has 0 aliphatic rings. The van der Waals surface area contributed by atoms with Crippen molar-refractivity contribution in [2.45, 2.75) is 32.1 Å². The Morgan fingerprint density at radius 3 is 2.64 bits per heavy atom. The molecule has 2 aromatic carbocycles. The molecule has 0 bridgehead atoms. The molecule has 2 aromatic heterocycles. The first-order valence-corrected chi connectivity index (χ1v) is 9.45. The van der Waals surface area contributed by atoms with E-state index < -0.39 is 5.41 Å². The van der Waals surface area contributed by atoms with Crippen LogP contribution in [0.5, 0.6) is 0 Å². The number of benzene rings is 2. The van der Waals surface area contributed by atoms with E-state index in [0.29, 0.717) is 12.8 Å². The average molecular weight is 367 g/mol. The molecule has 0 radical (unpaired) electrons. The summed E-state index contributed by atoms with van der Waals surface area (Å²) in [5, 5.41) is 12.0. The number of H-pyrrole nitrogens is 1. The molecule has 0 amide bonds. The topological polar surface area (TPSA) is 69.5 Å². The van der Waals surface area contributed by atoms with Crippen molar-refractivity contribution in [3.05, 3.63) is 87.8 Å². The van der Waals surface area contributed by atoms with Crippen LogP contribution in [0.2, 0.25) is 0 Å². The molecule has 1 N–H and O–H groups in total. The second-order valence-corrected chi connectivity index (χ2v) is 7.40. The number of pyridine rings is 2. The lowest BCUT2D eigenvalue weighted by Gasteiger charge is -2.22. The van der Waals surface area contributed by atoms with Gasteiger partial charge in [0.1, 0.15) is 0 Å². The van der Waals surface area contributed by atoms with Gasteiger partial charge >= 0.3 is 0 Å². The van der Waals surface area contributed by atoms with Gasteiger partial charge in [0.05, 0.1) is 17.0 Å². The molecule has 0 aliphatic carbocycles. The molecule has 1 unspecified atom stereocenters. The predicted molar refractivity (Wildman–Crippen MR) is 112 cm³/mol. The first kappa shape index (κ1) is 17.9. The fourth-order valence-electron chi connectivity index (χ4n) is 3.63. The molecule has 0 saturated carbocycles. The van der Waals surface area contributed by atoms with Gasteiger partial charge in [-0.15, -0.1) is 0 Å². The van der Waals surface area contributed by atoms with Crippen LogP contribution < -0.4 is 5.56 Å². The van der Waals surface area contributed by atoms with E-state index in [0.717, 1.165) is 38.6 Å². The zero-order valence-corrected chi connectivity index (χ0v) is 16.0. The Balaban J connectivity index is 1.75. The molecule has 2 heterocycles. The summed E-state index contributed by atoms with van der Waals surface area (Å²) in [6.45, 7) is 3.89. The minimum Gasteiger partial charge on any atom is -0.322 e. The van der Waals surface area contributed by atoms with Gasteiger partial charge in [0.15, 0.2) is 0 Å². The summed E-state index contributed by atoms with van der Waals surface area (Å²) in [5.41, 5.74) is 3.38. The molecule has 28 heavy (non-hydrogen) atoms. The van der Waals surface area contributed by atoms with E-state index in [4.69, 9.17) is 4.98 Å². The Kier molecular flexibility index (Phi) is 4.44. The van der Waals surface area contributed by atoms with Crippen LogP contribution in [0.25, 0.3) is 21.8 Å². The van der Waals surface area contributed by atoms with Crippen LogP contribution >= 0.6 is 0 Å². The van der Waals surface area contributed by atoms with Crippen molar-refractivity contribution < 1.29 is 0 Å². The first-order chi connectivity index (χ1) is 13.5. The lowest BCUT2D eigenvalue weighted by Crippen LogP contribution is -2.23. The summed E-state index contributed by atoms with van der Waals surface area (Å²) in [4.78, 5) is 19.9. The van der Waals surface area contributed by atoms with Gasteiger partial charge in [-0.25, -0.2) is 0 Å². The quantitative estimate of drug-likeness (QED) is 0.570. The molecular formula is C24H21N3O. The Hall–Kier alpha value is -3.45. The second kappa shape index (κ2) is 6.94. The maximum atomic E-state index is 12.2. The van der Waals surface area contributed by atoms with Crippen LogP contribution in [0.3, 0.4) is 0 Å². The first-order valence-electron chi connectivity index (χ1n) is 9.45. The van der Waals surface area contributed by atoms with Crippen LogP contribution in [0, 0.1) is 11.3 Å². The van der Waals surface area contributed by atoms with Gasteiger partial charge in [-0.3, -0.25) is 9.78 Å². The van der Waals surface area contributed by atoms with E-state index in [9.17, 15) is 10.1 Å². The Morgan fingerprint density at radius 1 is 1.07 bits per heavy atom. The van der Waals surface area contributed by atoms with Crippen molar-refractivity contribution in [1.29, 1.82) is 5.26 Å². The van der Waals surface area contributed by atoms with E-state index >= 15 is 0 Å². The lowest BCUT2D eigenvalue weighted by atomic mass is 9.79. The van der Waals surface area contributed by atoms with E-state index in [2.05, 4.69) is 11.1 Å². The zero-order valence-electron chi connectivity index (χ0n) is 16.0. The molecule has 4 rings (SSSR count). The molecule has 0 spiro atoms. The highest BCUT2D eigenvalue weighted by Gasteiger charge is 2.28. The number of nitrogens with zero attached hydrogens (tertiary/aromatic N) is 2. The van der Waals surface area contributed by atoms with Crippen LogP contribution in [-0.4, -0.2) is 9.97 Å². The van der Waals surface area contributed by atoms with Crippen molar-refractivity contribution in [3.63, 3.8) is 0 Å². The smallest absolute Gasteiger partial charge is 0.251 e. The van der Waals surface area contributed by atoms with Crippen molar-refractivity contribution >= 4 is 21.8 Å². The number of aryl methyl sites for hydroxylation is 1. The van der Waals surface area contributed by atoms with Crippen LogP contribution in [-0.2, 0) is 18.3 Å². The third-order valence-electron chi connectivity index (χ3n) is 5.38. The number of nitrogens with one attached hydrogen (secondary N) is 1. The summed E-state index contributed by atoms with van der Waals surface area (Å²) < 4.78 is 0. The Bertz CT molecular complexity index is 1280. The van der Waals surface area contributed by atoms with Gasteiger partial charge in [0.2, 0.25) is 0 Å².